The minimum Gasteiger partial charge on any atom is -0.480 e. The SMILES string of the molecule is CC(C)N(CC(=O)O)Cc1ccc(-c2cccc([N+](=O)[O-])c2)o1. The predicted molar refractivity (Wildman–Crippen MR) is 84.0 cm³/mol. The van der Waals surface area contributed by atoms with E-state index in [9.17, 15) is 14.9 Å². The normalized spacial score (nSPS) is 11.1. The van der Waals surface area contributed by atoms with Crippen LogP contribution in [0, 0.1) is 10.1 Å². The Labute approximate surface area is 133 Å². The highest BCUT2D eigenvalue weighted by molar-refractivity contribution is 5.69. The average molecular weight is 318 g/mol. The Bertz CT molecular complexity index is 708. The van der Waals surface area contributed by atoms with E-state index in [-0.39, 0.29) is 18.3 Å². The van der Waals surface area contributed by atoms with Gasteiger partial charge in [0, 0.05) is 23.7 Å². The molecule has 0 amide bonds. The van der Waals surface area contributed by atoms with Gasteiger partial charge in [-0.1, -0.05) is 12.1 Å². The number of nitro benzene ring substituents is 1. The molecule has 0 aliphatic rings. The van der Waals surface area contributed by atoms with Crippen LogP contribution in [0.1, 0.15) is 19.6 Å². The Morgan fingerprint density at radius 1 is 1.35 bits per heavy atom. The lowest BCUT2D eigenvalue weighted by Gasteiger charge is -2.23. The second-order valence-electron chi connectivity index (χ2n) is 5.47. The van der Waals surface area contributed by atoms with Crippen LogP contribution < -0.4 is 0 Å². The van der Waals surface area contributed by atoms with Crippen molar-refractivity contribution in [2.45, 2.75) is 26.4 Å². The molecule has 1 heterocycles. The van der Waals surface area contributed by atoms with Crippen LogP contribution in [-0.2, 0) is 11.3 Å². The summed E-state index contributed by atoms with van der Waals surface area (Å²) >= 11 is 0. The lowest BCUT2D eigenvalue weighted by Crippen LogP contribution is -2.34. The number of aliphatic carboxylic acids is 1. The van der Waals surface area contributed by atoms with Gasteiger partial charge < -0.3 is 9.52 Å². The van der Waals surface area contributed by atoms with Crippen LogP contribution in [0.25, 0.3) is 11.3 Å². The molecule has 1 N–H and O–H groups in total. The quantitative estimate of drug-likeness (QED) is 0.622. The maximum atomic E-state index is 10.9. The summed E-state index contributed by atoms with van der Waals surface area (Å²) in [6.45, 7) is 4.10. The molecular formula is C16H18N2O5. The van der Waals surface area contributed by atoms with Gasteiger partial charge in [-0.15, -0.1) is 0 Å². The Kier molecular flexibility index (Phi) is 5.13. The molecule has 2 rings (SSSR count). The van der Waals surface area contributed by atoms with Crippen LogP contribution in [0.4, 0.5) is 5.69 Å². The fraction of sp³-hybridized carbons (Fsp3) is 0.312. The highest BCUT2D eigenvalue weighted by Gasteiger charge is 2.16. The van der Waals surface area contributed by atoms with E-state index in [0.29, 0.717) is 23.6 Å². The summed E-state index contributed by atoms with van der Waals surface area (Å²) in [6, 6.07) is 9.73. The number of rotatable bonds is 7. The third-order valence-corrected chi connectivity index (χ3v) is 3.43. The number of hydrogen-bond acceptors (Lipinski definition) is 5. The van der Waals surface area contributed by atoms with E-state index in [4.69, 9.17) is 9.52 Å². The number of nitro groups is 1. The third kappa shape index (κ3) is 4.40. The average Bonchev–Trinajstić information content (AvgIpc) is 2.94. The summed E-state index contributed by atoms with van der Waals surface area (Å²) in [5.41, 5.74) is 0.606. The van der Waals surface area contributed by atoms with E-state index in [1.807, 2.05) is 13.8 Å². The van der Waals surface area contributed by atoms with E-state index in [1.165, 1.54) is 12.1 Å². The van der Waals surface area contributed by atoms with Gasteiger partial charge in [0.2, 0.25) is 0 Å². The van der Waals surface area contributed by atoms with Crippen LogP contribution in [0.2, 0.25) is 0 Å². The second-order valence-corrected chi connectivity index (χ2v) is 5.47. The van der Waals surface area contributed by atoms with Gasteiger partial charge >= 0.3 is 5.97 Å². The lowest BCUT2D eigenvalue weighted by molar-refractivity contribution is -0.384. The van der Waals surface area contributed by atoms with Crippen molar-refractivity contribution in [1.29, 1.82) is 0 Å². The van der Waals surface area contributed by atoms with Crippen molar-refractivity contribution in [3.05, 3.63) is 52.3 Å². The summed E-state index contributed by atoms with van der Waals surface area (Å²) in [5.74, 6) is 0.230. The third-order valence-electron chi connectivity index (χ3n) is 3.43. The number of carboxylic acids is 1. The zero-order valence-electron chi connectivity index (χ0n) is 12.9. The molecule has 0 saturated carbocycles. The van der Waals surface area contributed by atoms with E-state index < -0.39 is 10.9 Å². The van der Waals surface area contributed by atoms with Gasteiger partial charge in [-0.05, 0) is 26.0 Å². The molecule has 23 heavy (non-hydrogen) atoms. The number of hydrogen-bond donors (Lipinski definition) is 1. The van der Waals surface area contributed by atoms with E-state index in [2.05, 4.69) is 0 Å². The molecule has 0 bridgehead atoms. The molecule has 0 radical (unpaired) electrons. The molecule has 7 nitrogen and oxygen atoms in total. The van der Waals surface area contributed by atoms with Gasteiger partial charge in [0.1, 0.15) is 11.5 Å². The minimum atomic E-state index is -0.899. The van der Waals surface area contributed by atoms with Crippen molar-refractivity contribution in [1.82, 2.24) is 4.90 Å². The first-order valence-electron chi connectivity index (χ1n) is 7.16. The summed E-state index contributed by atoms with van der Waals surface area (Å²) in [7, 11) is 0. The molecule has 2 aromatic rings. The van der Waals surface area contributed by atoms with Crippen LogP contribution in [0.3, 0.4) is 0 Å². The highest BCUT2D eigenvalue weighted by Crippen LogP contribution is 2.26. The maximum Gasteiger partial charge on any atom is 0.317 e. The van der Waals surface area contributed by atoms with Crippen LogP contribution in [0.15, 0.2) is 40.8 Å². The van der Waals surface area contributed by atoms with Crippen LogP contribution >= 0.6 is 0 Å². The first kappa shape index (κ1) is 16.7. The fourth-order valence-corrected chi connectivity index (χ4v) is 2.19. The number of furan rings is 1. The molecular weight excluding hydrogens is 300 g/mol. The Morgan fingerprint density at radius 3 is 2.70 bits per heavy atom. The summed E-state index contributed by atoms with van der Waals surface area (Å²) in [6.07, 6.45) is 0. The molecule has 1 aromatic heterocycles. The maximum absolute atomic E-state index is 10.9. The summed E-state index contributed by atoms with van der Waals surface area (Å²) in [4.78, 5) is 23.0. The van der Waals surface area contributed by atoms with Crippen LogP contribution in [0.5, 0.6) is 0 Å². The predicted octanol–water partition coefficient (Wildman–Crippen LogP) is 3.15. The van der Waals surface area contributed by atoms with E-state index in [0.717, 1.165) is 0 Å². The zero-order valence-corrected chi connectivity index (χ0v) is 12.9. The van der Waals surface area contributed by atoms with Crippen LogP contribution in [-0.4, -0.2) is 33.5 Å². The molecule has 0 fully saturated rings. The van der Waals surface area contributed by atoms with Gasteiger partial charge in [0.15, 0.2) is 0 Å². The first-order chi connectivity index (χ1) is 10.9. The Hall–Kier alpha value is -2.67. The van der Waals surface area contributed by atoms with Crippen molar-refractivity contribution in [3.63, 3.8) is 0 Å². The summed E-state index contributed by atoms with van der Waals surface area (Å²) < 4.78 is 5.71. The number of nitrogens with zero attached hydrogens (tertiary/aromatic N) is 2. The monoisotopic (exact) mass is 318 g/mol. The topological polar surface area (TPSA) is 96.8 Å². The molecule has 0 spiro atoms. The molecule has 0 saturated heterocycles. The van der Waals surface area contributed by atoms with Crippen molar-refractivity contribution < 1.29 is 19.2 Å². The van der Waals surface area contributed by atoms with Gasteiger partial charge in [-0.3, -0.25) is 19.8 Å². The van der Waals surface area contributed by atoms with E-state index in [1.54, 1.807) is 29.2 Å². The molecule has 0 aliphatic heterocycles. The summed E-state index contributed by atoms with van der Waals surface area (Å²) in [5, 5.41) is 19.8. The number of benzene rings is 1. The Balaban J connectivity index is 2.18. The molecule has 0 unspecified atom stereocenters. The largest absolute Gasteiger partial charge is 0.480 e. The van der Waals surface area contributed by atoms with Crippen molar-refractivity contribution >= 4 is 11.7 Å². The van der Waals surface area contributed by atoms with Gasteiger partial charge in [0.05, 0.1) is 18.0 Å². The van der Waals surface area contributed by atoms with Crippen molar-refractivity contribution in [2.24, 2.45) is 0 Å². The Morgan fingerprint density at radius 2 is 2.09 bits per heavy atom. The molecule has 1 aromatic carbocycles. The van der Waals surface area contributed by atoms with Crippen molar-refractivity contribution in [2.75, 3.05) is 6.54 Å². The zero-order chi connectivity index (χ0) is 17.0. The number of carboxylic acid groups (broad SMARTS) is 1. The molecule has 0 aliphatic carbocycles. The molecule has 0 atom stereocenters. The lowest BCUT2D eigenvalue weighted by atomic mass is 10.1. The highest BCUT2D eigenvalue weighted by atomic mass is 16.6. The number of carbonyl (C=O) groups is 1. The molecule has 122 valence electrons. The fourth-order valence-electron chi connectivity index (χ4n) is 2.19. The standard InChI is InChI=1S/C16H18N2O5/c1-11(2)17(10-16(19)20)9-14-6-7-15(23-14)12-4-3-5-13(8-12)18(21)22/h3-8,11H,9-10H2,1-2H3,(H,19,20). The molecule has 7 heteroatoms. The second kappa shape index (κ2) is 7.06. The van der Waals surface area contributed by atoms with Gasteiger partial charge in [0.25, 0.3) is 5.69 Å². The first-order valence-corrected chi connectivity index (χ1v) is 7.16. The minimum absolute atomic E-state index is 0.00451. The number of non-ortho nitro benzene ring substituents is 1. The smallest absolute Gasteiger partial charge is 0.317 e. The van der Waals surface area contributed by atoms with Crippen molar-refractivity contribution in [3.8, 4) is 11.3 Å². The van der Waals surface area contributed by atoms with Gasteiger partial charge in [-0.2, -0.15) is 0 Å². The van der Waals surface area contributed by atoms with Gasteiger partial charge in [-0.25, -0.2) is 0 Å². The van der Waals surface area contributed by atoms with E-state index >= 15 is 0 Å².